The highest BCUT2D eigenvalue weighted by molar-refractivity contribution is 6.12. The summed E-state index contributed by atoms with van der Waals surface area (Å²) < 4.78 is 10.1. The fraction of sp³-hybridized carbons (Fsp3) is 0.231. The van der Waals surface area contributed by atoms with Gasteiger partial charge in [0.2, 0.25) is 0 Å². The molecule has 1 unspecified atom stereocenters. The Morgan fingerprint density at radius 1 is 1.03 bits per heavy atom. The van der Waals surface area contributed by atoms with Gasteiger partial charge < -0.3 is 14.8 Å². The molecule has 0 bridgehead atoms. The molecule has 5 rings (SSSR count). The van der Waals surface area contributed by atoms with Crippen LogP contribution >= 0.6 is 0 Å². The lowest BCUT2D eigenvalue weighted by atomic mass is 9.77. The Morgan fingerprint density at radius 2 is 1.84 bits per heavy atom. The number of ether oxygens (including phenoxy) is 2. The van der Waals surface area contributed by atoms with Crippen molar-refractivity contribution >= 4 is 33.8 Å². The van der Waals surface area contributed by atoms with Crippen LogP contribution in [0.1, 0.15) is 36.4 Å². The average molecular weight is 413 g/mol. The van der Waals surface area contributed by atoms with Crippen molar-refractivity contribution in [3.05, 3.63) is 77.4 Å². The number of anilines is 1. The maximum atomic E-state index is 13.1. The van der Waals surface area contributed by atoms with Gasteiger partial charge in [-0.25, -0.2) is 4.79 Å². The molecular formula is C26H23NO4. The highest BCUT2D eigenvalue weighted by atomic mass is 16.6. The Balaban J connectivity index is 1.55. The van der Waals surface area contributed by atoms with E-state index in [4.69, 9.17) is 4.74 Å². The van der Waals surface area contributed by atoms with Crippen LogP contribution in [0.25, 0.3) is 16.3 Å². The molecule has 0 spiro atoms. The second-order valence-corrected chi connectivity index (χ2v) is 7.89. The van der Waals surface area contributed by atoms with E-state index in [9.17, 15) is 9.59 Å². The van der Waals surface area contributed by atoms with Crippen molar-refractivity contribution in [2.75, 3.05) is 19.0 Å². The summed E-state index contributed by atoms with van der Waals surface area (Å²) >= 11 is 0. The first-order valence-corrected chi connectivity index (χ1v) is 10.5. The van der Waals surface area contributed by atoms with Crippen molar-refractivity contribution in [1.29, 1.82) is 0 Å². The van der Waals surface area contributed by atoms with Crippen molar-refractivity contribution in [3.63, 3.8) is 0 Å². The summed E-state index contributed by atoms with van der Waals surface area (Å²) in [4.78, 5) is 24.4. The molecule has 0 aromatic heterocycles. The number of methoxy groups -OCH3 is 1. The molecule has 1 atom stereocenters. The molecule has 0 amide bonds. The Hall–Kier alpha value is -3.60. The molecule has 0 saturated heterocycles. The van der Waals surface area contributed by atoms with Crippen LogP contribution < -0.4 is 10.1 Å². The lowest BCUT2D eigenvalue weighted by Crippen LogP contribution is -2.27. The smallest absolute Gasteiger partial charge is 0.343 e. The molecule has 2 aliphatic rings. The van der Waals surface area contributed by atoms with Crippen LogP contribution in [0.2, 0.25) is 0 Å². The molecule has 3 aromatic rings. The largest absolute Gasteiger partial charge is 0.482 e. The third-order valence-corrected chi connectivity index (χ3v) is 6.07. The van der Waals surface area contributed by atoms with Gasteiger partial charge in [0.1, 0.15) is 5.75 Å². The summed E-state index contributed by atoms with van der Waals surface area (Å²) in [5.74, 6) is 0.369. The minimum atomic E-state index is -0.426. The van der Waals surface area contributed by atoms with Gasteiger partial charge in [0.05, 0.1) is 13.2 Å². The monoisotopic (exact) mass is 413 g/mol. The molecule has 1 aliphatic heterocycles. The third-order valence-electron chi connectivity index (χ3n) is 6.07. The van der Waals surface area contributed by atoms with Gasteiger partial charge >= 0.3 is 5.97 Å². The van der Waals surface area contributed by atoms with Crippen molar-refractivity contribution in [1.82, 2.24) is 0 Å². The van der Waals surface area contributed by atoms with Crippen LogP contribution in [0, 0.1) is 0 Å². The molecule has 1 heterocycles. The van der Waals surface area contributed by atoms with Gasteiger partial charge in [0.15, 0.2) is 12.4 Å². The van der Waals surface area contributed by atoms with Gasteiger partial charge in [-0.15, -0.1) is 0 Å². The number of carbonyl (C=O) groups excluding carboxylic acids is 2. The molecule has 3 aromatic carbocycles. The number of hydrogen-bond acceptors (Lipinski definition) is 5. The van der Waals surface area contributed by atoms with E-state index in [1.807, 2.05) is 36.4 Å². The average Bonchev–Trinajstić information content (AvgIpc) is 2.82. The van der Waals surface area contributed by atoms with E-state index >= 15 is 0 Å². The van der Waals surface area contributed by atoms with E-state index in [2.05, 4.69) is 34.3 Å². The fourth-order valence-corrected chi connectivity index (χ4v) is 4.61. The summed E-state index contributed by atoms with van der Waals surface area (Å²) in [6.07, 6.45) is 2.37. The Labute approximate surface area is 180 Å². The zero-order valence-electron chi connectivity index (χ0n) is 17.3. The number of carbonyl (C=O) groups is 2. The molecule has 5 heteroatoms. The SMILES string of the molecule is COC(=O)COc1ccc(C2Nc3ccc4ccccc4c3C3=C2C(=O)CCC3)cc1. The van der Waals surface area contributed by atoms with E-state index < -0.39 is 5.97 Å². The van der Waals surface area contributed by atoms with Gasteiger partial charge in [0.25, 0.3) is 0 Å². The van der Waals surface area contributed by atoms with Crippen molar-refractivity contribution < 1.29 is 19.1 Å². The number of esters is 1. The maximum Gasteiger partial charge on any atom is 0.343 e. The Bertz CT molecular complexity index is 1210. The summed E-state index contributed by atoms with van der Waals surface area (Å²) in [5.41, 5.74) is 5.25. The summed E-state index contributed by atoms with van der Waals surface area (Å²) in [7, 11) is 1.33. The van der Waals surface area contributed by atoms with Crippen LogP contribution in [0.4, 0.5) is 5.69 Å². The second kappa shape index (κ2) is 7.91. The number of hydrogen-bond donors (Lipinski definition) is 1. The molecule has 0 radical (unpaired) electrons. The first-order chi connectivity index (χ1) is 15.2. The van der Waals surface area contributed by atoms with Crippen LogP contribution in [0.3, 0.4) is 0 Å². The van der Waals surface area contributed by atoms with Crippen LogP contribution in [0.5, 0.6) is 5.75 Å². The van der Waals surface area contributed by atoms with Crippen LogP contribution in [0.15, 0.2) is 66.2 Å². The number of allylic oxidation sites excluding steroid dienone is 1. The molecule has 5 nitrogen and oxygen atoms in total. The molecule has 156 valence electrons. The van der Waals surface area contributed by atoms with Gasteiger partial charge in [-0.1, -0.05) is 42.5 Å². The van der Waals surface area contributed by atoms with Crippen molar-refractivity contribution in [2.24, 2.45) is 0 Å². The van der Waals surface area contributed by atoms with E-state index in [0.717, 1.165) is 40.8 Å². The normalized spacial score (nSPS) is 17.6. The van der Waals surface area contributed by atoms with Crippen LogP contribution in [-0.2, 0) is 14.3 Å². The number of nitrogens with one attached hydrogen (secondary N) is 1. The zero-order chi connectivity index (χ0) is 21.4. The third kappa shape index (κ3) is 3.46. The lowest BCUT2D eigenvalue weighted by Gasteiger charge is -2.35. The lowest BCUT2D eigenvalue weighted by molar-refractivity contribution is -0.142. The highest BCUT2D eigenvalue weighted by Crippen LogP contribution is 2.47. The predicted molar refractivity (Wildman–Crippen MR) is 120 cm³/mol. The number of fused-ring (bicyclic) bond motifs is 4. The fourth-order valence-electron chi connectivity index (χ4n) is 4.61. The standard InChI is InChI=1S/C26H23NO4/c1-30-23(29)15-31-18-12-9-17(10-13-18)26-25-20(7-4-8-22(25)28)24-19-6-3-2-5-16(19)11-14-21(24)27-26/h2-3,5-6,9-14,26-27H,4,7-8,15H2,1H3. The maximum absolute atomic E-state index is 13.1. The number of rotatable bonds is 4. The first kappa shape index (κ1) is 19.4. The molecular weight excluding hydrogens is 390 g/mol. The van der Waals surface area contributed by atoms with Gasteiger partial charge in [-0.05, 0) is 52.9 Å². The number of ketones is 1. The molecule has 0 fully saturated rings. The summed E-state index contributed by atoms with van der Waals surface area (Å²) in [6.45, 7) is -0.133. The molecule has 1 N–H and O–H groups in total. The zero-order valence-corrected chi connectivity index (χ0v) is 17.3. The van der Waals surface area contributed by atoms with E-state index in [0.29, 0.717) is 12.2 Å². The molecule has 0 saturated carbocycles. The van der Waals surface area contributed by atoms with Crippen molar-refractivity contribution in [2.45, 2.75) is 25.3 Å². The van der Waals surface area contributed by atoms with Crippen LogP contribution in [-0.4, -0.2) is 25.5 Å². The molecule has 1 aliphatic carbocycles. The number of Topliss-reactive ketones (excluding diaryl/α,β-unsaturated/α-hetero) is 1. The quantitative estimate of drug-likeness (QED) is 0.606. The second-order valence-electron chi connectivity index (χ2n) is 7.89. The van der Waals surface area contributed by atoms with E-state index in [1.165, 1.54) is 17.9 Å². The van der Waals surface area contributed by atoms with Gasteiger partial charge in [0, 0.05) is 23.2 Å². The predicted octanol–water partition coefficient (Wildman–Crippen LogP) is 5.07. The van der Waals surface area contributed by atoms with Gasteiger partial charge in [-0.2, -0.15) is 0 Å². The van der Waals surface area contributed by atoms with Gasteiger partial charge in [-0.3, -0.25) is 4.79 Å². The summed E-state index contributed by atoms with van der Waals surface area (Å²) in [5, 5.41) is 5.98. The minimum Gasteiger partial charge on any atom is -0.482 e. The Morgan fingerprint density at radius 3 is 2.65 bits per heavy atom. The Kier molecular flexibility index (Phi) is 4.94. The number of benzene rings is 3. The minimum absolute atomic E-state index is 0.133. The van der Waals surface area contributed by atoms with E-state index in [-0.39, 0.29) is 18.4 Å². The first-order valence-electron chi connectivity index (χ1n) is 10.5. The highest BCUT2D eigenvalue weighted by Gasteiger charge is 2.34. The van der Waals surface area contributed by atoms with E-state index in [1.54, 1.807) is 0 Å². The topological polar surface area (TPSA) is 64.6 Å². The summed E-state index contributed by atoms with van der Waals surface area (Å²) in [6, 6.07) is 19.9. The van der Waals surface area contributed by atoms with Crippen molar-refractivity contribution in [3.8, 4) is 5.75 Å². The molecule has 31 heavy (non-hydrogen) atoms.